The first-order valence-corrected chi connectivity index (χ1v) is 10.9. The van der Waals surface area contributed by atoms with Gasteiger partial charge in [-0.3, -0.25) is 9.69 Å². The van der Waals surface area contributed by atoms with Gasteiger partial charge in [0.15, 0.2) is 0 Å². The molecule has 4 heterocycles. The number of anilines is 1. The van der Waals surface area contributed by atoms with E-state index in [4.69, 9.17) is 0 Å². The number of pyridine rings is 1. The average molecular weight is 385 g/mol. The lowest BCUT2D eigenvalue weighted by Crippen LogP contribution is -2.48. The van der Waals surface area contributed by atoms with Gasteiger partial charge in [-0.25, -0.2) is 4.98 Å². The van der Waals surface area contributed by atoms with Gasteiger partial charge >= 0.3 is 0 Å². The van der Waals surface area contributed by atoms with Gasteiger partial charge in [0.25, 0.3) is 5.91 Å². The van der Waals surface area contributed by atoms with Crippen LogP contribution in [0.5, 0.6) is 0 Å². The van der Waals surface area contributed by atoms with Crippen LogP contribution in [0.3, 0.4) is 0 Å². The van der Waals surface area contributed by atoms with E-state index < -0.39 is 0 Å². The molecule has 0 radical (unpaired) electrons. The van der Waals surface area contributed by atoms with Crippen molar-refractivity contribution < 1.29 is 4.79 Å². The molecular formula is C21H28N4OS. The topological polar surface area (TPSA) is 39.7 Å². The maximum Gasteiger partial charge on any atom is 0.255 e. The zero-order valence-corrected chi connectivity index (χ0v) is 16.7. The molecule has 0 aliphatic carbocycles. The standard InChI is InChI=1S/C21H28N4OS/c26-21(25-13-11-23(12-14-25)17-19-6-5-15-27-19)18-7-8-20(22-16-18)24-9-3-1-2-4-10-24/h5-8,15-16H,1-4,9-14,17H2. The summed E-state index contributed by atoms with van der Waals surface area (Å²) < 4.78 is 0. The number of amides is 1. The summed E-state index contributed by atoms with van der Waals surface area (Å²) in [6.07, 6.45) is 6.86. The van der Waals surface area contributed by atoms with E-state index in [2.05, 4.69) is 32.3 Å². The van der Waals surface area contributed by atoms with Crippen LogP contribution in [0.15, 0.2) is 35.8 Å². The van der Waals surface area contributed by atoms with Crippen LogP contribution in [0, 0.1) is 0 Å². The lowest BCUT2D eigenvalue weighted by molar-refractivity contribution is 0.0629. The highest BCUT2D eigenvalue weighted by Gasteiger charge is 2.23. The van der Waals surface area contributed by atoms with Gasteiger partial charge in [-0.1, -0.05) is 18.9 Å². The molecule has 5 nitrogen and oxygen atoms in total. The molecule has 4 rings (SSSR count). The summed E-state index contributed by atoms with van der Waals surface area (Å²) in [5.41, 5.74) is 0.709. The van der Waals surface area contributed by atoms with Crippen molar-refractivity contribution >= 4 is 23.1 Å². The molecule has 0 unspecified atom stereocenters. The van der Waals surface area contributed by atoms with Gasteiger partial charge in [0, 0.05) is 56.9 Å². The number of nitrogens with zero attached hydrogens (tertiary/aromatic N) is 4. The summed E-state index contributed by atoms with van der Waals surface area (Å²) in [4.78, 5) is 25.6. The van der Waals surface area contributed by atoms with Crippen molar-refractivity contribution in [2.24, 2.45) is 0 Å². The van der Waals surface area contributed by atoms with Crippen LogP contribution >= 0.6 is 11.3 Å². The summed E-state index contributed by atoms with van der Waals surface area (Å²) in [5, 5.41) is 2.12. The molecule has 2 fully saturated rings. The van der Waals surface area contributed by atoms with Gasteiger partial charge in [-0.15, -0.1) is 11.3 Å². The Labute approximate surface area is 165 Å². The second kappa shape index (κ2) is 8.85. The number of piperazine rings is 1. The number of thiophene rings is 1. The van der Waals surface area contributed by atoms with Gasteiger partial charge in [-0.2, -0.15) is 0 Å². The van der Waals surface area contributed by atoms with Crippen molar-refractivity contribution in [3.63, 3.8) is 0 Å². The third-order valence-electron chi connectivity index (χ3n) is 5.54. The highest BCUT2D eigenvalue weighted by Crippen LogP contribution is 2.19. The summed E-state index contributed by atoms with van der Waals surface area (Å²) in [6.45, 7) is 6.59. The molecule has 2 aromatic heterocycles. The lowest BCUT2D eigenvalue weighted by Gasteiger charge is -2.34. The number of hydrogen-bond donors (Lipinski definition) is 0. The minimum absolute atomic E-state index is 0.112. The molecule has 2 aromatic rings. The van der Waals surface area contributed by atoms with E-state index in [1.807, 2.05) is 17.0 Å². The second-order valence-electron chi connectivity index (χ2n) is 7.45. The molecule has 2 aliphatic heterocycles. The number of hydrogen-bond acceptors (Lipinski definition) is 5. The van der Waals surface area contributed by atoms with Crippen LogP contribution in [0.25, 0.3) is 0 Å². The first-order chi connectivity index (χ1) is 13.3. The highest BCUT2D eigenvalue weighted by molar-refractivity contribution is 7.09. The van der Waals surface area contributed by atoms with Crippen LogP contribution in [-0.2, 0) is 6.54 Å². The fourth-order valence-electron chi connectivity index (χ4n) is 3.91. The van der Waals surface area contributed by atoms with Gasteiger partial charge in [0.1, 0.15) is 5.82 Å². The van der Waals surface area contributed by atoms with Crippen molar-refractivity contribution in [1.29, 1.82) is 0 Å². The molecule has 0 N–H and O–H groups in total. The van der Waals surface area contributed by atoms with E-state index >= 15 is 0 Å². The van der Waals surface area contributed by atoms with E-state index in [-0.39, 0.29) is 5.91 Å². The Hall–Kier alpha value is -1.92. The summed E-state index contributed by atoms with van der Waals surface area (Å²) in [7, 11) is 0. The Morgan fingerprint density at radius 3 is 2.37 bits per heavy atom. The summed E-state index contributed by atoms with van der Waals surface area (Å²) >= 11 is 1.80. The highest BCUT2D eigenvalue weighted by atomic mass is 32.1. The number of aromatic nitrogens is 1. The van der Waals surface area contributed by atoms with E-state index in [1.54, 1.807) is 17.5 Å². The number of carbonyl (C=O) groups excluding carboxylic acids is 1. The zero-order chi connectivity index (χ0) is 18.5. The second-order valence-corrected chi connectivity index (χ2v) is 8.49. The SMILES string of the molecule is O=C(c1ccc(N2CCCCCC2)nc1)N1CCN(Cc2cccs2)CC1. The molecule has 0 aromatic carbocycles. The maximum atomic E-state index is 12.8. The van der Waals surface area contributed by atoms with E-state index in [1.165, 1.54) is 30.6 Å². The first kappa shape index (κ1) is 18.4. The van der Waals surface area contributed by atoms with Crippen molar-refractivity contribution in [1.82, 2.24) is 14.8 Å². The smallest absolute Gasteiger partial charge is 0.255 e. The van der Waals surface area contributed by atoms with E-state index in [0.29, 0.717) is 5.56 Å². The van der Waals surface area contributed by atoms with Gasteiger partial charge in [0.05, 0.1) is 5.56 Å². The first-order valence-electron chi connectivity index (χ1n) is 10.0. The largest absolute Gasteiger partial charge is 0.357 e. The van der Waals surface area contributed by atoms with Crippen molar-refractivity contribution in [2.45, 2.75) is 32.2 Å². The quantitative estimate of drug-likeness (QED) is 0.809. The minimum Gasteiger partial charge on any atom is -0.357 e. The maximum absolute atomic E-state index is 12.8. The van der Waals surface area contributed by atoms with Crippen molar-refractivity contribution in [3.8, 4) is 0 Å². The minimum atomic E-state index is 0.112. The van der Waals surface area contributed by atoms with Crippen LogP contribution in [0.1, 0.15) is 40.9 Å². The molecule has 6 heteroatoms. The summed E-state index contributed by atoms with van der Waals surface area (Å²) in [5.74, 6) is 1.12. The molecule has 2 saturated heterocycles. The van der Waals surface area contributed by atoms with Crippen LogP contribution in [-0.4, -0.2) is 60.0 Å². The predicted octanol–water partition coefficient (Wildman–Crippen LogP) is 3.48. The Morgan fingerprint density at radius 2 is 1.74 bits per heavy atom. The molecule has 2 aliphatic rings. The van der Waals surface area contributed by atoms with Crippen LogP contribution < -0.4 is 4.90 Å². The number of rotatable bonds is 4. The molecule has 144 valence electrons. The lowest BCUT2D eigenvalue weighted by atomic mass is 10.2. The molecule has 0 atom stereocenters. The fourth-order valence-corrected chi connectivity index (χ4v) is 4.66. The Morgan fingerprint density at radius 1 is 0.963 bits per heavy atom. The third-order valence-corrected chi connectivity index (χ3v) is 6.41. The van der Waals surface area contributed by atoms with Crippen molar-refractivity contribution in [2.75, 3.05) is 44.2 Å². The average Bonchev–Trinajstić information content (AvgIpc) is 3.07. The van der Waals surface area contributed by atoms with E-state index in [0.717, 1.165) is 51.6 Å². The molecule has 0 bridgehead atoms. The third kappa shape index (κ3) is 4.68. The zero-order valence-electron chi connectivity index (χ0n) is 15.8. The Balaban J connectivity index is 1.31. The molecule has 0 saturated carbocycles. The Bertz CT molecular complexity index is 715. The monoisotopic (exact) mass is 384 g/mol. The van der Waals surface area contributed by atoms with E-state index in [9.17, 15) is 4.79 Å². The van der Waals surface area contributed by atoms with Gasteiger partial charge in [0.2, 0.25) is 0 Å². The normalized spacial score (nSPS) is 19.1. The number of carbonyl (C=O) groups is 1. The molecule has 27 heavy (non-hydrogen) atoms. The fraction of sp³-hybridized carbons (Fsp3) is 0.524. The van der Waals surface area contributed by atoms with Crippen LogP contribution in [0.4, 0.5) is 5.82 Å². The Kier molecular flexibility index (Phi) is 6.04. The molecular weight excluding hydrogens is 356 g/mol. The summed E-state index contributed by atoms with van der Waals surface area (Å²) in [6, 6.07) is 8.25. The van der Waals surface area contributed by atoms with Crippen molar-refractivity contribution in [3.05, 3.63) is 46.3 Å². The molecule has 0 spiro atoms. The van der Waals surface area contributed by atoms with Gasteiger partial charge < -0.3 is 9.80 Å². The molecule has 1 amide bonds. The predicted molar refractivity (Wildman–Crippen MR) is 110 cm³/mol. The van der Waals surface area contributed by atoms with Gasteiger partial charge in [-0.05, 0) is 36.4 Å². The van der Waals surface area contributed by atoms with Crippen LogP contribution in [0.2, 0.25) is 0 Å².